The number of morpholine rings is 1. The van der Waals surface area contributed by atoms with Gasteiger partial charge in [-0.15, -0.1) is 0 Å². The number of nitrogens with one attached hydrogen (secondary N) is 1. The molecule has 3 rings (SSSR count). The van der Waals surface area contributed by atoms with E-state index in [9.17, 15) is 4.79 Å². The largest absolute Gasteiger partial charge is 0.379 e. The molecule has 0 bridgehead atoms. The molecule has 7 nitrogen and oxygen atoms in total. The Morgan fingerprint density at radius 1 is 1.30 bits per heavy atom. The molecule has 23 heavy (non-hydrogen) atoms. The van der Waals surface area contributed by atoms with Crippen molar-refractivity contribution >= 4 is 5.91 Å². The summed E-state index contributed by atoms with van der Waals surface area (Å²) in [5.41, 5.74) is 1.10. The molecule has 0 spiro atoms. The van der Waals surface area contributed by atoms with Crippen LogP contribution >= 0.6 is 0 Å². The lowest BCUT2D eigenvalue weighted by Crippen LogP contribution is -2.52. The Morgan fingerprint density at radius 3 is 2.87 bits per heavy atom. The summed E-state index contributed by atoms with van der Waals surface area (Å²) in [7, 11) is 1.97. The number of piperidine rings is 1. The lowest BCUT2D eigenvalue weighted by molar-refractivity contribution is -0.136. The van der Waals surface area contributed by atoms with Gasteiger partial charge in [-0.1, -0.05) is 0 Å². The molecule has 0 radical (unpaired) electrons. The minimum Gasteiger partial charge on any atom is -0.379 e. The predicted octanol–water partition coefficient (Wildman–Crippen LogP) is -0.167. The Morgan fingerprint density at radius 2 is 2.13 bits per heavy atom. The van der Waals surface area contributed by atoms with Gasteiger partial charge in [0.2, 0.25) is 5.91 Å². The van der Waals surface area contributed by atoms with Crippen molar-refractivity contribution in [3.8, 4) is 0 Å². The van der Waals surface area contributed by atoms with E-state index >= 15 is 0 Å². The number of carbonyl (C=O) groups is 1. The van der Waals surface area contributed by atoms with E-state index in [1.165, 1.54) is 0 Å². The molecule has 1 aromatic heterocycles. The molecule has 0 aromatic carbocycles. The first-order chi connectivity index (χ1) is 11.2. The van der Waals surface area contributed by atoms with Gasteiger partial charge in [-0.25, -0.2) is 4.98 Å². The molecule has 128 valence electrons. The second kappa shape index (κ2) is 7.90. The Kier molecular flexibility index (Phi) is 5.64. The van der Waals surface area contributed by atoms with Crippen LogP contribution < -0.4 is 5.32 Å². The van der Waals surface area contributed by atoms with Crippen LogP contribution in [0.4, 0.5) is 0 Å². The van der Waals surface area contributed by atoms with Gasteiger partial charge >= 0.3 is 0 Å². The highest BCUT2D eigenvalue weighted by Gasteiger charge is 2.28. The Balaban J connectivity index is 1.46. The molecule has 0 aliphatic carbocycles. The number of hydrogen-bond acceptors (Lipinski definition) is 5. The first-order valence-electron chi connectivity index (χ1n) is 8.51. The van der Waals surface area contributed by atoms with E-state index in [-0.39, 0.29) is 11.9 Å². The van der Waals surface area contributed by atoms with Crippen LogP contribution in [0.1, 0.15) is 18.5 Å². The predicted molar refractivity (Wildman–Crippen MR) is 86.9 cm³/mol. The minimum absolute atomic E-state index is 0.0664. The number of aromatic nitrogens is 2. The van der Waals surface area contributed by atoms with Crippen molar-refractivity contribution in [2.75, 3.05) is 45.9 Å². The van der Waals surface area contributed by atoms with E-state index in [1.54, 1.807) is 6.33 Å². The summed E-state index contributed by atoms with van der Waals surface area (Å²) in [6, 6.07) is -0.0664. The van der Waals surface area contributed by atoms with Gasteiger partial charge < -0.3 is 19.5 Å². The zero-order chi connectivity index (χ0) is 16.1. The van der Waals surface area contributed by atoms with Crippen LogP contribution in [-0.4, -0.2) is 77.2 Å². The summed E-state index contributed by atoms with van der Waals surface area (Å²) in [5, 5.41) is 3.40. The molecule has 1 aromatic rings. The maximum Gasteiger partial charge on any atom is 0.239 e. The van der Waals surface area contributed by atoms with E-state index in [4.69, 9.17) is 4.74 Å². The van der Waals surface area contributed by atoms with Crippen LogP contribution in [0.3, 0.4) is 0 Å². The number of imidazole rings is 1. The van der Waals surface area contributed by atoms with Gasteiger partial charge in [0.05, 0.1) is 31.3 Å². The number of aryl methyl sites for hydroxylation is 1. The lowest BCUT2D eigenvalue weighted by Gasteiger charge is -2.35. The third-order valence-electron chi connectivity index (χ3n) is 4.77. The molecule has 1 amide bonds. The molecule has 2 aliphatic heterocycles. The fourth-order valence-electron chi connectivity index (χ4n) is 3.22. The van der Waals surface area contributed by atoms with Gasteiger partial charge in [0.25, 0.3) is 0 Å². The van der Waals surface area contributed by atoms with E-state index in [0.29, 0.717) is 6.54 Å². The highest BCUT2D eigenvalue weighted by atomic mass is 16.5. The molecule has 1 unspecified atom stereocenters. The number of likely N-dealkylation sites (tertiary alicyclic amines) is 1. The molecule has 7 heteroatoms. The highest BCUT2D eigenvalue weighted by molar-refractivity contribution is 5.82. The van der Waals surface area contributed by atoms with Gasteiger partial charge in [0, 0.05) is 52.5 Å². The van der Waals surface area contributed by atoms with Crippen LogP contribution in [0.2, 0.25) is 0 Å². The van der Waals surface area contributed by atoms with Crippen LogP contribution in [0.15, 0.2) is 12.5 Å². The Bertz CT molecular complexity index is 512. The Hall–Kier alpha value is -1.44. The molecule has 2 saturated heterocycles. The van der Waals surface area contributed by atoms with Gasteiger partial charge in [-0.3, -0.25) is 9.69 Å². The van der Waals surface area contributed by atoms with Crippen LogP contribution in [0.5, 0.6) is 0 Å². The van der Waals surface area contributed by atoms with Crippen molar-refractivity contribution in [1.82, 2.24) is 24.7 Å². The average Bonchev–Trinajstić information content (AvgIpc) is 2.99. The van der Waals surface area contributed by atoms with Gasteiger partial charge in [-0.05, 0) is 12.8 Å². The van der Waals surface area contributed by atoms with Gasteiger partial charge in [0.15, 0.2) is 0 Å². The number of ether oxygens (including phenoxy) is 1. The molecule has 1 N–H and O–H groups in total. The van der Waals surface area contributed by atoms with Crippen LogP contribution in [0, 0.1) is 0 Å². The SMILES string of the molecule is Cn1cncc1CNC1CCCN(CCN2CCOCC2)C1=O. The van der Waals surface area contributed by atoms with E-state index in [2.05, 4.69) is 15.2 Å². The average molecular weight is 321 g/mol. The summed E-state index contributed by atoms with van der Waals surface area (Å²) in [4.78, 5) is 21.1. The Labute approximate surface area is 137 Å². The van der Waals surface area contributed by atoms with Crippen molar-refractivity contribution in [3.63, 3.8) is 0 Å². The van der Waals surface area contributed by atoms with E-state index < -0.39 is 0 Å². The quantitative estimate of drug-likeness (QED) is 0.788. The van der Waals surface area contributed by atoms with Crippen molar-refractivity contribution in [3.05, 3.63) is 18.2 Å². The second-order valence-electron chi connectivity index (χ2n) is 6.35. The summed E-state index contributed by atoms with van der Waals surface area (Å²) in [5.74, 6) is 0.242. The number of hydrogen-bond donors (Lipinski definition) is 1. The molecule has 2 aliphatic rings. The molecule has 0 saturated carbocycles. The molecular formula is C16H27N5O2. The zero-order valence-corrected chi connectivity index (χ0v) is 13.9. The molecule has 1 atom stereocenters. The highest BCUT2D eigenvalue weighted by Crippen LogP contribution is 2.13. The van der Waals surface area contributed by atoms with Crippen molar-refractivity contribution in [1.29, 1.82) is 0 Å². The number of carbonyl (C=O) groups excluding carboxylic acids is 1. The molecule has 2 fully saturated rings. The third-order valence-corrected chi connectivity index (χ3v) is 4.77. The van der Waals surface area contributed by atoms with Crippen molar-refractivity contribution in [2.45, 2.75) is 25.4 Å². The number of nitrogens with zero attached hydrogens (tertiary/aromatic N) is 4. The topological polar surface area (TPSA) is 62.6 Å². The van der Waals surface area contributed by atoms with Crippen LogP contribution in [-0.2, 0) is 23.1 Å². The maximum absolute atomic E-state index is 12.6. The summed E-state index contributed by atoms with van der Waals surface area (Å²) >= 11 is 0. The zero-order valence-electron chi connectivity index (χ0n) is 13.9. The smallest absolute Gasteiger partial charge is 0.239 e. The lowest BCUT2D eigenvalue weighted by atomic mass is 10.0. The first kappa shape index (κ1) is 16.4. The maximum atomic E-state index is 12.6. The van der Waals surface area contributed by atoms with Gasteiger partial charge in [-0.2, -0.15) is 0 Å². The normalized spacial score (nSPS) is 23.4. The van der Waals surface area contributed by atoms with E-state index in [0.717, 1.165) is 64.5 Å². The fraction of sp³-hybridized carbons (Fsp3) is 0.750. The fourth-order valence-corrected chi connectivity index (χ4v) is 3.22. The van der Waals surface area contributed by atoms with Crippen molar-refractivity contribution in [2.24, 2.45) is 7.05 Å². The number of rotatable bonds is 6. The third kappa shape index (κ3) is 4.31. The molecular weight excluding hydrogens is 294 g/mol. The second-order valence-corrected chi connectivity index (χ2v) is 6.35. The van der Waals surface area contributed by atoms with E-state index in [1.807, 2.05) is 22.7 Å². The first-order valence-corrected chi connectivity index (χ1v) is 8.51. The van der Waals surface area contributed by atoms with Crippen molar-refractivity contribution < 1.29 is 9.53 Å². The summed E-state index contributed by atoms with van der Waals surface area (Å²) in [6.07, 6.45) is 5.62. The van der Waals surface area contributed by atoms with Crippen LogP contribution in [0.25, 0.3) is 0 Å². The summed E-state index contributed by atoms with van der Waals surface area (Å²) in [6.45, 7) is 6.91. The minimum atomic E-state index is -0.0664. The summed E-state index contributed by atoms with van der Waals surface area (Å²) < 4.78 is 7.35. The number of amides is 1. The van der Waals surface area contributed by atoms with Gasteiger partial charge in [0.1, 0.15) is 0 Å². The molecule has 3 heterocycles. The standard InChI is InChI=1S/C16H27N5O2/c1-19-13-17-11-14(19)12-18-15-3-2-4-21(16(15)22)6-5-20-7-9-23-10-8-20/h11,13,15,18H,2-10,12H2,1H3. The monoisotopic (exact) mass is 321 g/mol.